The molecule has 0 aliphatic carbocycles. The first-order chi connectivity index (χ1) is 12.6. The van der Waals surface area contributed by atoms with Gasteiger partial charge in [0.15, 0.2) is 0 Å². The summed E-state index contributed by atoms with van der Waals surface area (Å²) < 4.78 is 0. The van der Waals surface area contributed by atoms with Gasteiger partial charge in [0.05, 0.1) is 0 Å². The van der Waals surface area contributed by atoms with E-state index in [0.717, 1.165) is 11.1 Å². The molecular formula is C21H25N3O3. The molecule has 0 unspecified atom stereocenters. The van der Waals surface area contributed by atoms with Crippen LogP contribution in [0.25, 0.3) is 0 Å². The fourth-order valence-electron chi connectivity index (χ4n) is 2.40. The van der Waals surface area contributed by atoms with Gasteiger partial charge in [0, 0.05) is 24.0 Å². The predicted molar refractivity (Wildman–Crippen MR) is 108 cm³/mol. The van der Waals surface area contributed by atoms with Gasteiger partial charge in [-0.25, -0.2) is 0 Å². The molecule has 0 aromatic heterocycles. The first kappa shape index (κ1) is 20.2. The highest BCUT2D eigenvalue weighted by Gasteiger charge is 2.36. The molecule has 0 spiro atoms. The number of anilines is 3. The quantitative estimate of drug-likeness (QED) is 0.701. The summed E-state index contributed by atoms with van der Waals surface area (Å²) >= 11 is 0. The summed E-state index contributed by atoms with van der Waals surface area (Å²) in [4.78, 5) is 36.4. The number of hydrogen-bond donors (Lipinski definition) is 3. The second-order valence-electron chi connectivity index (χ2n) is 7.04. The van der Waals surface area contributed by atoms with Gasteiger partial charge >= 0.3 is 0 Å². The topological polar surface area (TPSA) is 87.3 Å². The molecule has 27 heavy (non-hydrogen) atoms. The van der Waals surface area contributed by atoms with E-state index in [0.29, 0.717) is 17.1 Å². The molecule has 0 bridgehead atoms. The Labute approximate surface area is 159 Å². The Morgan fingerprint density at radius 2 is 1.30 bits per heavy atom. The molecule has 0 aliphatic rings. The lowest BCUT2D eigenvalue weighted by Gasteiger charge is -2.23. The Hall–Kier alpha value is -3.15. The molecule has 2 aromatic rings. The molecule has 0 saturated carbocycles. The van der Waals surface area contributed by atoms with Gasteiger partial charge in [-0.15, -0.1) is 0 Å². The summed E-state index contributed by atoms with van der Waals surface area (Å²) in [5.74, 6) is -0.975. The smallest absolute Gasteiger partial charge is 0.239 e. The predicted octanol–water partition coefficient (Wildman–Crippen LogP) is 3.87. The molecule has 3 amide bonds. The summed E-state index contributed by atoms with van der Waals surface area (Å²) in [6, 6.07) is 12.3. The van der Waals surface area contributed by atoms with Crippen molar-refractivity contribution in [2.75, 3.05) is 16.0 Å². The maximum atomic E-state index is 12.7. The highest BCUT2D eigenvalue weighted by molar-refractivity contribution is 6.14. The van der Waals surface area contributed by atoms with Gasteiger partial charge in [0.2, 0.25) is 17.7 Å². The van der Waals surface area contributed by atoms with Crippen molar-refractivity contribution in [2.45, 2.75) is 34.6 Å². The van der Waals surface area contributed by atoms with Crippen LogP contribution in [0.4, 0.5) is 17.1 Å². The van der Waals surface area contributed by atoms with Crippen LogP contribution in [0.15, 0.2) is 42.5 Å². The number of carbonyl (C=O) groups is 3. The second kappa shape index (κ2) is 8.03. The number of nitrogens with one attached hydrogen (secondary N) is 3. The van der Waals surface area contributed by atoms with Crippen molar-refractivity contribution in [3.8, 4) is 0 Å². The summed E-state index contributed by atoms with van der Waals surface area (Å²) in [6.45, 7) is 8.47. The first-order valence-corrected chi connectivity index (χ1v) is 8.68. The second-order valence-corrected chi connectivity index (χ2v) is 7.04. The first-order valence-electron chi connectivity index (χ1n) is 8.68. The van der Waals surface area contributed by atoms with Gasteiger partial charge in [-0.05, 0) is 69.2 Å². The Kier molecular flexibility index (Phi) is 6.00. The summed E-state index contributed by atoms with van der Waals surface area (Å²) in [5, 5.41) is 8.24. The van der Waals surface area contributed by atoms with Crippen molar-refractivity contribution in [1.82, 2.24) is 0 Å². The number of benzene rings is 2. The van der Waals surface area contributed by atoms with Crippen LogP contribution in [-0.4, -0.2) is 17.7 Å². The third-order valence-electron chi connectivity index (χ3n) is 4.45. The number of amides is 3. The van der Waals surface area contributed by atoms with E-state index in [2.05, 4.69) is 16.0 Å². The van der Waals surface area contributed by atoms with Gasteiger partial charge in [-0.1, -0.05) is 12.1 Å². The highest BCUT2D eigenvalue weighted by atomic mass is 16.2. The lowest BCUT2D eigenvalue weighted by molar-refractivity contribution is -0.135. The van der Waals surface area contributed by atoms with Crippen molar-refractivity contribution in [1.29, 1.82) is 0 Å². The molecule has 0 atom stereocenters. The Balaban J connectivity index is 2.08. The largest absolute Gasteiger partial charge is 0.326 e. The molecule has 6 heteroatoms. The molecular weight excluding hydrogens is 342 g/mol. The third kappa shape index (κ3) is 4.94. The Bertz CT molecular complexity index is 871. The highest BCUT2D eigenvalue weighted by Crippen LogP contribution is 2.24. The van der Waals surface area contributed by atoms with Crippen LogP contribution in [0.1, 0.15) is 31.9 Å². The monoisotopic (exact) mass is 367 g/mol. The van der Waals surface area contributed by atoms with Gasteiger partial charge in [0.25, 0.3) is 0 Å². The molecule has 142 valence electrons. The standard InChI is InChI=1S/C21H25N3O3/c1-13-7-6-8-18(14(13)2)24-20(27)21(4,5)19(26)23-17-11-9-16(10-12-17)22-15(3)25/h6-12H,1-5H3,(H,22,25)(H,23,26)(H,24,27). The van der Waals surface area contributed by atoms with Gasteiger partial charge in [0.1, 0.15) is 5.41 Å². The molecule has 3 N–H and O–H groups in total. The maximum Gasteiger partial charge on any atom is 0.239 e. The number of hydrogen-bond acceptors (Lipinski definition) is 3. The average molecular weight is 367 g/mol. The zero-order chi connectivity index (χ0) is 20.2. The maximum absolute atomic E-state index is 12.7. The lowest BCUT2D eigenvalue weighted by atomic mass is 9.90. The van der Waals surface area contributed by atoms with Gasteiger partial charge in [-0.2, -0.15) is 0 Å². The molecule has 2 rings (SSSR count). The third-order valence-corrected chi connectivity index (χ3v) is 4.45. The lowest BCUT2D eigenvalue weighted by Crippen LogP contribution is -2.41. The van der Waals surface area contributed by atoms with Crippen LogP contribution >= 0.6 is 0 Å². The van der Waals surface area contributed by atoms with E-state index in [1.165, 1.54) is 6.92 Å². The summed E-state index contributed by atoms with van der Waals surface area (Å²) in [5.41, 5.74) is 2.63. The van der Waals surface area contributed by atoms with Gasteiger partial charge in [-0.3, -0.25) is 14.4 Å². The van der Waals surface area contributed by atoms with Crippen molar-refractivity contribution < 1.29 is 14.4 Å². The van der Waals surface area contributed by atoms with E-state index >= 15 is 0 Å². The minimum absolute atomic E-state index is 0.170. The van der Waals surface area contributed by atoms with E-state index in [1.807, 2.05) is 32.0 Å². The number of aryl methyl sites for hydroxylation is 1. The van der Waals surface area contributed by atoms with E-state index in [-0.39, 0.29) is 11.8 Å². The van der Waals surface area contributed by atoms with Crippen molar-refractivity contribution in [3.63, 3.8) is 0 Å². The number of rotatable bonds is 5. The minimum Gasteiger partial charge on any atom is -0.326 e. The van der Waals surface area contributed by atoms with Crippen LogP contribution in [-0.2, 0) is 14.4 Å². The van der Waals surface area contributed by atoms with E-state index in [9.17, 15) is 14.4 Å². The molecule has 0 fully saturated rings. The van der Waals surface area contributed by atoms with E-state index in [4.69, 9.17) is 0 Å². The molecule has 2 aromatic carbocycles. The molecule has 0 heterocycles. The molecule has 0 saturated heterocycles. The fraction of sp³-hybridized carbons (Fsp3) is 0.286. The Morgan fingerprint density at radius 3 is 1.85 bits per heavy atom. The molecule has 6 nitrogen and oxygen atoms in total. The van der Waals surface area contributed by atoms with Crippen LogP contribution in [0.5, 0.6) is 0 Å². The summed E-state index contributed by atoms with van der Waals surface area (Å²) in [7, 11) is 0. The SMILES string of the molecule is CC(=O)Nc1ccc(NC(=O)C(C)(C)C(=O)Nc2cccc(C)c2C)cc1. The number of carbonyl (C=O) groups excluding carboxylic acids is 3. The summed E-state index contributed by atoms with van der Waals surface area (Å²) in [6.07, 6.45) is 0. The van der Waals surface area contributed by atoms with Crippen molar-refractivity contribution >= 4 is 34.8 Å². The zero-order valence-corrected chi connectivity index (χ0v) is 16.3. The van der Waals surface area contributed by atoms with E-state index < -0.39 is 11.3 Å². The van der Waals surface area contributed by atoms with Crippen molar-refractivity contribution in [2.24, 2.45) is 5.41 Å². The molecule has 0 aliphatic heterocycles. The molecule has 0 radical (unpaired) electrons. The fourth-order valence-corrected chi connectivity index (χ4v) is 2.40. The normalized spacial score (nSPS) is 10.9. The van der Waals surface area contributed by atoms with E-state index in [1.54, 1.807) is 38.1 Å². The van der Waals surface area contributed by atoms with Crippen LogP contribution < -0.4 is 16.0 Å². The van der Waals surface area contributed by atoms with Crippen molar-refractivity contribution in [3.05, 3.63) is 53.6 Å². The van der Waals surface area contributed by atoms with Gasteiger partial charge < -0.3 is 16.0 Å². The average Bonchev–Trinajstić information content (AvgIpc) is 2.60. The van der Waals surface area contributed by atoms with Crippen LogP contribution in [0, 0.1) is 19.3 Å². The Morgan fingerprint density at radius 1 is 0.778 bits per heavy atom. The van der Waals surface area contributed by atoms with Crippen LogP contribution in [0.3, 0.4) is 0 Å². The zero-order valence-electron chi connectivity index (χ0n) is 16.3. The minimum atomic E-state index is -1.27. The van der Waals surface area contributed by atoms with Crippen LogP contribution in [0.2, 0.25) is 0 Å².